The SMILES string of the molecule is CC#CCCNC(=O)c1cccn1C(C)C. The van der Waals surface area contributed by atoms with Crippen LogP contribution in [0.2, 0.25) is 0 Å². The average molecular weight is 218 g/mol. The Bertz CT molecular complexity index is 407. The molecular formula is C13H18N2O. The Morgan fingerprint density at radius 3 is 2.94 bits per heavy atom. The largest absolute Gasteiger partial charge is 0.350 e. The third kappa shape index (κ3) is 3.16. The summed E-state index contributed by atoms with van der Waals surface area (Å²) in [7, 11) is 0. The number of hydrogen-bond acceptors (Lipinski definition) is 1. The molecule has 1 rings (SSSR count). The van der Waals surface area contributed by atoms with Gasteiger partial charge in [-0.25, -0.2) is 0 Å². The first-order chi connectivity index (χ1) is 7.66. The van der Waals surface area contributed by atoms with Crippen LogP contribution in [0.25, 0.3) is 0 Å². The van der Waals surface area contributed by atoms with Crippen LogP contribution in [0.15, 0.2) is 18.3 Å². The fourth-order valence-electron chi connectivity index (χ4n) is 1.49. The molecule has 0 aromatic carbocycles. The van der Waals surface area contributed by atoms with E-state index in [0.717, 1.165) is 0 Å². The van der Waals surface area contributed by atoms with Gasteiger partial charge >= 0.3 is 0 Å². The minimum atomic E-state index is -0.0309. The summed E-state index contributed by atoms with van der Waals surface area (Å²) in [5, 5.41) is 2.85. The molecular weight excluding hydrogens is 200 g/mol. The highest BCUT2D eigenvalue weighted by Crippen LogP contribution is 2.10. The molecule has 0 aliphatic heterocycles. The van der Waals surface area contributed by atoms with E-state index in [1.807, 2.05) is 22.9 Å². The number of hydrogen-bond donors (Lipinski definition) is 1. The Balaban J connectivity index is 2.58. The van der Waals surface area contributed by atoms with E-state index in [-0.39, 0.29) is 5.91 Å². The molecule has 3 heteroatoms. The van der Waals surface area contributed by atoms with Gasteiger partial charge in [0.05, 0.1) is 0 Å². The molecule has 86 valence electrons. The normalized spacial score (nSPS) is 9.75. The lowest BCUT2D eigenvalue weighted by molar-refractivity contribution is 0.0944. The van der Waals surface area contributed by atoms with Gasteiger partial charge in [-0.15, -0.1) is 11.8 Å². The average Bonchev–Trinajstić information content (AvgIpc) is 2.73. The van der Waals surface area contributed by atoms with Crippen LogP contribution in [0.4, 0.5) is 0 Å². The maximum absolute atomic E-state index is 11.8. The molecule has 0 aliphatic rings. The van der Waals surface area contributed by atoms with Gasteiger partial charge in [0.25, 0.3) is 5.91 Å². The van der Waals surface area contributed by atoms with Crippen LogP contribution in [0.5, 0.6) is 0 Å². The van der Waals surface area contributed by atoms with Crippen LogP contribution in [-0.4, -0.2) is 17.0 Å². The van der Waals surface area contributed by atoms with Gasteiger partial charge in [0.2, 0.25) is 0 Å². The van der Waals surface area contributed by atoms with Crippen molar-refractivity contribution < 1.29 is 4.79 Å². The molecule has 0 bridgehead atoms. The Morgan fingerprint density at radius 2 is 2.31 bits per heavy atom. The first-order valence-corrected chi connectivity index (χ1v) is 5.51. The van der Waals surface area contributed by atoms with Crippen molar-refractivity contribution in [3.05, 3.63) is 24.0 Å². The van der Waals surface area contributed by atoms with Gasteiger partial charge in [-0.1, -0.05) is 0 Å². The van der Waals surface area contributed by atoms with Crippen molar-refractivity contribution in [1.82, 2.24) is 9.88 Å². The van der Waals surface area contributed by atoms with Crippen molar-refractivity contribution in [2.24, 2.45) is 0 Å². The number of rotatable bonds is 4. The van der Waals surface area contributed by atoms with Crippen LogP contribution < -0.4 is 5.32 Å². The minimum absolute atomic E-state index is 0.0309. The van der Waals surface area contributed by atoms with E-state index in [1.54, 1.807) is 6.92 Å². The van der Waals surface area contributed by atoms with Gasteiger partial charge < -0.3 is 9.88 Å². The predicted molar refractivity (Wildman–Crippen MR) is 65.2 cm³/mol. The van der Waals surface area contributed by atoms with Gasteiger partial charge in [-0.3, -0.25) is 4.79 Å². The van der Waals surface area contributed by atoms with Gasteiger partial charge in [-0.2, -0.15) is 0 Å². The van der Waals surface area contributed by atoms with E-state index in [4.69, 9.17) is 0 Å². The highest BCUT2D eigenvalue weighted by Gasteiger charge is 2.11. The number of nitrogens with one attached hydrogen (secondary N) is 1. The molecule has 0 spiro atoms. The zero-order valence-electron chi connectivity index (χ0n) is 10.1. The second-order valence-electron chi connectivity index (χ2n) is 3.83. The Kier molecular flexibility index (Phi) is 4.65. The van der Waals surface area contributed by atoms with Gasteiger partial charge in [0.1, 0.15) is 5.69 Å². The smallest absolute Gasteiger partial charge is 0.267 e. The highest BCUT2D eigenvalue weighted by molar-refractivity contribution is 5.92. The fourth-order valence-corrected chi connectivity index (χ4v) is 1.49. The summed E-state index contributed by atoms with van der Waals surface area (Å²) < 4.78 is 1.96. The fraction of sp³-hybridized carbons (Fsp3) is 0.462. The van der Waals surface area contributed by atoms with Crippen LogP contribution in [0, 0.1) is 11.8 Å². The molecule has 3 nitrogen and oxygen atoms in total. The Labute approximate surface area is 96.8 Å². The van der Waals surface area contributed by atoms with Gasteiger partial charge in [0.15, 0.2) is 0 Å². The van der Waals surface area contributed by atoms with E-state index >= 15 is 0 Å². The van der Waals surface area contributed by atoms with Crippen LogP contribution in [0.3, 0.4) is 0 Å². The summed E-state index contributed by atoms with van der Waals surface area (Å²) in [6.07, 6.45) is 2.62. The number of carbonyl (C=O) groups is 1. The first kappa shape index (κ1) is 12.4. The summed E-state index contributed by atoms with van der Waals surface area (Å²) in [6, 6.07) is 4.02. The third-order valence-electron chi connectivity index (χ3n) is 2.28. The monoisotopic (exact) mass is 218 g/mol. The molecule has 16 heavy (non-hydrogen) atoms. The van der Waals surface area contributed by atoms with Crippen molar-refractivity contribution in [2.45, 2.75) is 33.2 Å². The topological polar surface area (TPSA) is 34.0 Å². The van der Waals surface area contributed by atoms with Crippen molar-refractivity contribution >= 4 is 5.91 Å². The van der Waals surface area contributed by atoms with Crippen LogP contribution in [-0.2, 0) is 0 Å². The van der Waals surface area contributed by atoms with Gasteiger partial charge in [0, 0.05) is 25.2 Å². The zero-order chi connectivity index (χ0) is 12.0. The summed E-state index contributed by atoms with van der Waals surface area (Å²) in [4.78, 5) is 11.8. The van der Waals surface area contributed by atoms with Crippen molar-refractivity contribution in [1.29, 1.82) is 0 Å². The molecule has 0 unspecified atom stereocenters. The second-order valence-corrected chi connectivity index (χ2v) is 3.83. The van der Waals surface area contributed by atoms with Crippen molar-refractivity contribution in [2.75, 3.05) is 6.54 Å². The number of amides is 1. The lowest BCUT2D eigenvalue weighted by Gasteiger charge is -2.12. The second kappa shape index (κ2) is 6.02. The number of nitrogens with zero attached hydrogens (tertiary/aromatic N) is 1. The van der Waals surface area contributed by atoms with Gasteiger partial charge in [-0.05, 0) is 32.9 Å². The quantitative estimate of drug-likeness (QED) is 0.610. The molecule has 0 radical (unpaired) electrons. The lowest BCUT2D eigenvalue weighted by atomic mass is 10.3. The lowest BCUT2D eigenvalue weighted by Crippen LogP contribution is -2.27. The zero-order valence-corrected chi connectivity index (χ0v) is 10.1. The molecule has 0 fully saturated rings. The highest BCUT2D eigenvalue weighted by atomic mass is 16.1. The van der Waals surface area contributed by atoms with E-state index in [2.05, 4.69) is 31.0 Å². The summed E-state index contributed by atoms with van der Waals surface area (Å²) in [5.41, 5.74) is 0.708. The molecule has 1 N–H and O–H groups in total. The van der Waals surface area contributed by atoms with Crippen LogP contribution >= 0.6 is 0 Å². The standard InChI is InChI=1S/C13H18N2O/c1-4-5-6-9-14-13(16)12-8-7-10-15(12)11(2)3/h7-8,10-11H,6,9H2,1-3H3,(H,14,16). The minimum Gasteiger partial charge on any atom is -0.350 e. The Morgan fingerprint density at radius 1 is 1.56 bits per heavy atom. The summed E-state index contributed by atoms with van der Waals surface area (Å²) in [6.45, 7) is 6.51. The number of carbonyl (C=O) groups excluding carboxylic acids is 1. The van der Waals surface area contributed by atoms with E-state index in [1.165, 1.54) is 0 Å². The Hall–Kier alpha value is -1.69. The molecule has 0 aliphatic carbocycles. The first-order valence-electron chi connectivity index (χ1n) is 5.51. The van der Waals surface area contributed by atoms with Crippen molar-refractivity contribution in [3.63, 3.8) is 0 Å². The predicted octanol–water partition coefficient (Wildman–Crippen LogP) is 2.21. The summed E-state index contributed by atoms with van der Waals surface area (Å²) >= 11 is 0. The molecule has 0 saturated carbocycles. The van der Waals surface area contributed by atoms with E-state index in [9.17, 15) is 4.79 Å². The van der Waals surface area contributed by atoms with Crippen LogP contribution in [0.1, 0.15) is 43.7 Å². The molecule has 1 heterocycles. The third-order valence-corrected chi connectivity index (χ3v) is 2.28. The molecule has 0 saturated heterocycles. The maximum Gasteiger partial charge on any atom is 0.267 e. The van der Waals surface area contributed by atoms with E-state index in [0.29, 0.717) is 24.7 Å². The molecule has 1 amide bonds. The molecule has 1 aromatic heterocycles. The summed E-state index contributed by atoms with van der Waals surface area (Å²) in [5.74, 6) is 5.68. The molecule has 1 aromatic rings. The van der Waals surface area contributed by atoms with Crippen molar-refractivity contribution in [3.8, 4) is 11.8 Å². The van der Waals surface area contributed by atoms with E-state index < -0.39 is 0 Å². The number of aromatic nitrogens is 1. The maximum atomic E-state index is 11.8. The molecule has 0 atom stereocenters.